The highest BCUT2D eigenvalue weighted by Crippen LogP contribution is 2.52. The van der Waals surface area contributed by atoms with Crippen molar-refractivity contribution < 1.29 is 0 Å². The lowest BCUT2D eigenvalue weighted by atomic mass is 9.78. The van der Waals surface area contributed by atoms with Crippen molar-refractivity contribution in [3.63, 3.8) is 0 Å². The van der Waals surface area contributed by atoms with Crippen molar-refractivity contribution in [2.24, 2.45) is 29.6 Å². The molecule has 0 saturated heterocycles. The van der Waals surface area contributed by atoms with Crippen molar-refractivity contribution >= 4 is 0 Å². The molecule has 3 saturated carbocycles. The molecule has 3 rings (SSSR count). The normalized spacial score (nSPS) is 47.8. The average Bonchev–Trinajstić information content (AvgIpc) is 2.65. The van der Waals surface area contributed by atoms with E-state index in [0.717, 1.165) is 29.6 Å². The fraction of sp³-hybridized carbons (Fsp3) is 1.00. The molecule has 0 aromatic rings. The van der Waals surface area contributed by atoms with Crippen molar-refractivity contribution in [3.05, 3.63) is 0 Å². The first-order valence-corrected chi connectivity index (χ1v) is 6.83. The van der Waals surface area contributed by atoms with Crippen molar-refractivity contribution in [1.82, 2.24) is 0 Å². The molecule has 4 atom stereocenters. The van der Waals surface area contributed by atoms with E-state index in [1.165, 1.54) is 6.42 Å². The van der Waals surface area contributed by atoms with Gasteiger partial charge in [-0.15, -0.1) is 0 Å². The van der Waals surface area contributed by atoms with Crippen molar-refractivity contribution in [2.75, 3.05) is 0 Å². The van der Waals surface area contributed by atoms with Crippen LogP contribution in [0.3, 0.4) is 0 Å². The summed E-state index contributed by atoms with van der Waals surface area (Å²) < 4.78 is 0. The molecule has 3 aliphatic rings. The van der Waals surface area contributed by atoms with Gasteiger partial charge in [-0.2, -0.15) is 0 Å². The highest BCUT2D eigenvalue weighted by atomic mass is 14.5. The minimum absolute atomic E-state index is 1.09. The second-order valence-electron chi connectivity index (χ2n) is 6.35. The zero-order valence-electron chi connectivity index (χ0n) is 9.54. The first-order valence-electron chi connectivity index (χ1n) is 6.83. The highest BCUT2D eigenvalue weighted by molar-refractivity contribution is 4.92. The number of hydrogen-bond acceptors (Lipinski definition) is 0. The summed E-state index contributed by atoms with van der Waals surface area (Å²) in [7, 11) is 0. The second-order valence-corrected chi connectivity index (χ2v) is 6.35. The van der Waals surface area contributed by atoms with Gasteiger partial charge >= 0.3 is 0 Å². The Morgan fingerprint density at radius 3 is 2.29 bits per heavy atom. The molecular formula is C14H24. The maximum atomic E-state index is 2.45. The zero-order chi connectivity index (χ0) is 9.54. The molecule has 0 N–H and O–H groups in total. The van der Waals surface area contributed by atoms with Crippen LogP contribution in [0, 0.1) is 29.6 Å². The second kappa shape index (κ2) is 3.54. The summed E-state index contributed by atoms with van der Waals surface area (Å²) >= 11 is 0. The van der Waals surface area contributed by atoms with Gasteiger partial charge < -0.3 is 0 Å². The Morgan fingerprint density at radius 1 is 0.929 bits per heavy atom. The largest absolute Gasteiger partial charge is 0.0622 e. The van der Waals surface area contributed by atoms with Gasteiger partial charge in [0.05, 0.1) is 0 Å². The van der Waals surface area contributed by atoms with Gasteiger partial charge in [-0.05, 0) is 55.3 Å². The summed E-state index contributed by atoms with van der Waals surface area (Å²) in [6.45, 7) is 2.45. The Morgan fingerprint density at radius 2 is 1.71 bits per heavy atom. The molecular weight excluding hydrogens is 168 g/mol. The van der Waals surface area contributed by atoms with Crippen LogP contribution in [-0.4, -0.2) is 0 Å². The third-order valence-corrected chi connectivity index (χ3v) is 5.25. The first-order chi connectivity index (χ1) is 6.83. The fourth-order valence-corrected chi connectivity index (χ4v) is 3.92. The van der Waals surface area contributed by atoms with E-state index < -0.39 is 0 Å². The molecule has 80 valence electrons. The molecule has 0 spiro atoms. The van der Waals surface area contributed by atoms with Gasteiger partial charge in [0.1, 0.15) is 0 Å². The quantitative estimate of drug-likeness (QED) is 0.627. The lowest BCUT2D eigenvalue weighted by Crippen LogP contribution is -2.14. The lowest BCUT2D eigenvalue weighted by Gasteiger charge is -2.28. The molecule has 0 amide bonds. The van der Waals surface area contributed by atoms with Crippen molar-refractivity contribution in [1.29, 1.82) is 0 Å². The molecule has 0 aliphatic heterocycles. The van der Waals surface area contributed by atoms with Crippen LogP contribution in [0.25, 0.3) is 0 Å². The Kier molecular flexibility index (Phi) is 2.34. The maximum Gasteiger partial charge on any atom is -0.0357 e. The fourth-order valence-electron chi connectivity index (χ4n) is 3.92. The van der Waals surface area contributed by atoms with Crippen molar-refractivity contribution in [3.8, 4) is 0 Å². The standard InChI is InChI=1S/C14H24/c1-10-7-14(10)13-6-5-12(9-13)8-11-3-2-4-11/h10-14H,2-9H2,1H3. The Balaban J connectivity index is 1.44. The average molecular weight is 192 g/mol. The third kappa shape index (κ3) is 1.73. The van der Waals surface area contributed by atoms with Gasteiger partial charge in [-0.3, -0.25) is 0 Å². The van der Waals surface area contributed by atoms with E-state index in [2.05, 4.69) is 6.92 Å². The Hall–Kier alpha value is 0. The smallest absolute Gasteiger partial charge is 0.0357 e. The number of rotatable bonds is 3. The van der Waals surface area contributed by atoms with E-state index in [0.29, 0.717) is 0 Å². The topological polar surface area (TPSA) is 0 Å². The maximum absolute atomic E-state index is 2.45. The third-order valence-electron chi connectivity index (χ3n) is 5.25. The summed E-state index contributed by atoms with van der Waals surface area (Å²) in [6, 6.07) is 0. The SMILES string of the molecule is CC1CC1C1CCC(CC2CCC2)C1. The summed E-state index contributed by atoms with van der Waals surface area (Å²) in [5.74, 6) is 5.67. The molecule has 0 aromatic carbocycles. The Labute approximate surface area is 88.5 Å². The van der Waals surface area contributed by atoms with Crippen LogP contribution in [0.15, 0.2) is 0 Å². The van der Waals surface area contributed by atoms with E-state index in [1.807, 2.05) is 0 Å². The molecule has 0 bridgehead atoms. The van der Waals surface area contributed by atoms with E-state index >= 15 is 0 Å². The minimum atomic E-state index is 1.09. The van der Waals surface area contributed by atoms with E-state index in [4.69, 9.17) is 0 Å². The van der Waals surface area contributed by atoms with Gasteiger partial charge in [0.15, 0.2) is 0 Å². The van der Waals surface area contributed by atoms with Gasteiger partial charge in [-0.1, -0.05) is 32.6 Å². The van der Waals surface area contributed by atoms with Gasteiger partial charge in [-0.25, -0.2) is 0 Å². The lowest BCUT2D eigenvalue weighted by molar-refractivity contribution is 0.246. The van der Waals surface area contributed by atoms with Crippen LogP contribution < -0.4 is 0 Å². The van der Waals surface area contributed by atoms with Gasteiger partial charge in [0, 0.05) is 0 Å². The molecule has 3 aliphatic carbocycles. The first kappa shape index (κ1) is 9.24. The minimum Gasteiger partial charge on any atom is -0.0622 e. The summed E-state index contributed by atoms with van der Waals surface area (Å²) in [5, 5.41) is 0. The molecule has 0 aromatic heterocycles. The van der Waals surface area contributed by atoms with Crippen LogP contribution in [0.4, 0.5) is 0 Å². The van der Waals surface area contributed by atoms with Gasteiger partial charge in [0.25, 0.3) is 0 Å². The molecule has 14 heavy (non-hydrogen) atoms. The van der Waals surface area contributed by atoms with Crippen LogP contribution in [0.2, 0.25) is 0 Å². The Bertz CT molecular complexity index is 204. The summed E-state index contributed by atoms with van der Waals surface area (Å²) in [6.07, 6.45) is 12.5. The predicted octanol–water partition coefficient (Wildman–Crippen LogP) is 4.25. The van der Waals surface area contributed by atoms with Crippen LogP contribution in [0.5, 0.6) is 0 Å². The molecule has 4 unspecified atom stereocenters. The highest BCUT2D eigenvalue weighted by Gasteiger charge is 2.42. The monoisotopic (exact) mass is 192 g/mol. The molecule has 3 fully saturated rings. The molecule has 0 heteroatoms. The van der Waals surface area contributed by atoms with Gasteiger partial charge in [0.2, 0.25) is 0 Å². The van der Waals surface area contributed by atoms with Crippen LogP contribution in [0.1, 0.15) is 58.3 Å². The van der Waals surface area contributed by atoms with Crippen molar-refractivity contribution in [2.45, 2.75) is 58.3 Å². The molecule has 0 nitrogen and oxygen atoms in total. The predicted molar refractivity (Wildman–Crippen MR) is 60.1 cm³/mol. The number of hydrogen-bond donors (Lipinski definition) is 0. The van der Waals surface area contributed by atoms with Crippen LogP contribution >= 0.6 is 0 Å². The van der Waals surface area contributed by atoms with E-state index in [-0.39, 0.29) is 0 Å². The van der Waals surface area contributed by atoms with E-state index in [9.17, 15) is 0 Å². The zero-order valence-corrected chi connectivity index (χ0v) is 9.54. The molecule has 0 radical (unpaired) electrons. The summed E-state index contributed by atoms with van der Waals surface area (Å²) in [4.78, 5) is 0. The van der Waals surface area contributed by atoms with Crippen LogP contribution in [-0.2, 0) is 0 Å². The molecule has 0 heterocycles. The van der Waals surface area contributed by atoms with E-state index in [1.54, 1.807) is 44.9 Å². The summed E-state index contributed by atoms with van der Waals surface area (Å²) in [5.41, 5.74) is 0.